The van der Waals surface area contributed by atoms with Crippen molar-refractivity contribution in [1.29, 1.82) is 11.0 Å². The number of rotatable bonds is 28. The molecule has 0 saturated carbocycles. The van der Waals surface area contributed by atoms with Crippen molar-refractivity contribution >= 4 is 98.0 Å². The molecule has 0 aliphatic carbocycles. The number of aliphatic hydroxyl groups is 4. The van der Waals surface area contributed by atoms with Crippen molar-refractivity contribution in [3.05, 3.63) is 0 Å². The second-order valence-electron chi connectivity index (χ2n) is 24.3. The number of hydrogen-bond donors (Lipinski definition) is 5. The van der Waals surface area contributed by atoms with Gasteiger partial charge in [0.05, 0.1) is 51.3 Å². The molecule has 4 aliphatic heterocycles. The Bertz CT molecular complexity index is 1920. The average molecular weight is 1490 g/mol. The molecule has 4 heterocycles. The van der Waals surface area contributed by atoms with E-state index in [1.165, 1.54) is 40.2 Å². The van der Waals surface area contributed by atoms with Gasteiger partial charge in [-0.3, -0.25) is 14.0 Å². The molecule has 94 heavy (non-hydrogen) atoms. The van der Waals surface area contributed by atoms with Crippen LogP contribution in [-0.4, -0.2) is 295 Å². The molecular formula is C61H131B4F2N5O15P4S3. The number of nitriles is 1. The van der Waals surface area contributed by atoms with Gasteiger partial charge in [0.2, 0.25) is 5.72 Å². The molecule has 0 aromatic rings. The first-order valence-electron chi connectivity index (χ1n) is 35.8. The summed E-state index contributed by atoms with van der Waals surface area (Å²) in [6.45, 7) is 46.5. The van der Waals surface area contributed by atoms with E-state index in [-0.39, 0.29) is 68.4 Å². The molecule has 0 amide bonds. The summed E-state index contributed by atoms with van der Waals surface area (Å²) in [4.78, 5) is 0. The van der Waals surface area contributed by atoms with Crippen LogP contribution in [0.25, 0.3) is 0 Å². The summed E-state index contributed by atoms with van der Waals surface area (Å²) in [6.07, 6.45) is -6.54. The van der Waals surface area contributed by atoms with Crippen LogP contribution in [-0.2, 0) is 51.0 Å². The zero-order valence-corrected chi connectivity index (χ0v) is 68.1. The van der Waals surface area contributed by atoms with Crippen molar-refractivity contribution in [3.8, 4) is 6.07 Å². The van der Waals surface area contributed by atoms with E-state index in [0.29, 0.717) is 61.3 Å². The van der Waals surface area contributed by atoms with Crippen LogP contribution >= 0.6 is 66.6 Å². The van der Waals surface area contributed by atoms with Gasteiger partial charge >= 0.3 is 0 Å². The van der Waals surface area contributed by atoms with Crippen molar-refractivity contribution in [3.63, 3.8) is 0 Å². The third kappa shape index (κ3) is 41.8. The van der Waals surface area contributed by atoms with Crippen molar-refractivity contribution in [1.82, 2.24) is 14.0 Å². The predicted octanol–water partition coefficient (Wildman–Crippen LogP) is 11.7. The van der Waals surface area contributed by atoms with Crippen molar-refractivity contribution < 1.29 is 85.7 Å². The summed E-state index contributed by atoms with van der Waals surface area (Å²) in [7, 11) is 29.8. The second kappa shape index (κ2) is 58.0. The van der Waals surface area contributed by atoms with Gasteiger partial charge in [-0.1, -0.05) is 77.0 Å². The first-order valence-corrected chi connectivity index (χ1v) is 40.9. The van der Waals surface area contributed by atoms with Gasteiger partial charge in [-0.2, -0.15) is 17.0 Å². The molecule has 20 nitrogen and oxygen atoms in total. The molecule has 33 heteroatoms. The van der Waals surface area contributed by atoms with Gasteiger partial charge in [0.1, 0.15) is 110 Å². The van der Waals surface area contributed by atoms with Crippen molar-refractivity contribution in [2.45, 2.75) is 314 Å². The van der Waals surface area contributed by atoms with Gasteiger partial charge < -0.3 is 77.2 Å². The number of halogens is 2. The Morgan fingerprint density at radius 2 is 0.979 bits per heavy atom. The second-order valence-corrected chi connectivity index (χ2v) is 35.7. The first kappa shape index (κ1) is 88.0. The quantitative estimate of drug-likeness (QED) is 0.0161. The molecule has 0 bridgehead atoms. The van der Waals surface area contributed by atoms with Crippen LogP contribution in [0.1, 0.15) is 171 Å². The van der Waals surface area contributed by atoms with Crippen LogP contribution in [0.3, 0.4) is 0 Å². The fourth-order valence-corrected chi connectivity index (χ4v) is 19.9. The van der Waals surface area contributed by atoms with E-state index < -0.39 is 105 Å². The normalized spacial score (nSPS) is 29.6. The van der Waals surface area contributed by atoms with Gasteiger partial charge in [-0.25, -0.2) is 8.78 Å². The Balaban J connectivity index is -0.000000383. The Hall–Kier alpha value is 1.62. The Kier molecular flexibility index (Phi) is 54.3. The van der Waals surface area contributed by atoms with E-state index in [1.54, 1.807) is 28.7 Å². The zero-order valence-electron chi connectivity index (χ0n) is 70.1. The molecule has 0 aromatic heterocycles. The number of alkyl halides is 2. The molecule has 20 atom stereocenters. The standard InChI is InChI=1S/C16H30BN2O4P.C14H28BO4PS2.C12H24BFNO2P.C12H24BFNOPS.C3H9N.4CH4O/c1-11(2)19(12(3)4)24(6)23-14-13(5)22-16(17)15(14)21-10-20-9-7-8-18;1-9(2)20(16-7)19-11-10(3)18-13(15)12(11)17-8-21-22-14(4,5)6;1-7(2)15(8(3)4)18(6)17-11-9(5)16-12(13)10(11)14;1-7(2)15(8(3)4)17(6)16-11-9(5)18-12(13)10(11)14;1-3(2)4;4*1-2/h11-16H,7,9-10H2,1-6H3;9-13H,8H2,1-7H3;2*7-12H,1-6H3;3H,4H2,1-2H3;4*2H,1H3/t13-,14?,15+,16-,24?;10-,11?,12+,13-,20?;9-,10+,11-,12-,18?;9-,10+,11-,12-,17?;;;;;/m1111...../s1/i5D;3D;2*5D;;4*2T. The number of nitrogens with two attached hydrogens (primary N) is 1. The van der Waals surface area contributed by atoms with Crippen LogP contribution in [0, 0.1) is 11.3 Å². The highest BCUT2D eigenvalue weighted by Crippen LogP contribution is 2.50. The van der Waals surface area contributed by atoms with E-state index >= 15 is 0 Å². The highest BCUT2D eigenvalue weighted by Gasteiger charge is 2.46. The number of hydrogen-bond acceptors (Lipinski definition) is 23. The monoisotopic (exact) mass is 1490 g/mol. The lowest BCUT2D eigenvalue weighted by atomic mass is 9.93. The molecule has 0 aromatic carbocycles. The number of ether oxygens (including phenoxy) is 6. The fourth-order valence-electron chi connectivity index (χ4n) is 9.43. The molecular weight excluding hydrogens is 1340 g/mol. The molecule has 4 saturated heterocycles. The number of thioether (sulfide) groups is 1. The van der Waals surface area contributed by atoms with Gasteiger partial charge in [-0.15, -0.1) is 0 Å². The maximum atomic E-state index is 14.1. The maximum absolute atomic E-state index is 14.1. The molecule has 4 fully saturated rings. The summed E-state index contributed by atoms with van der Waals surface area (Å²) in [5, 5.41) is 21.8. The smallest absolute Gasteiger partial charge is 0.210 e. The van der Waals surface area contributed by atoms with Crippen LogP contribution in [0.2, 0.25) is 0 Å². The van der Waals surface area contributed by atoms with Crippen molar-refractivity contribution in [2.24, 2.45) is 5.73 Å². The third-order valence-corrected chi connectivity index (χ3v) is 24.7. The van der Waals surface area contributed by atoms with Crippen LogP contribution in [0.5, 0.6) is 0 Å². The first-order chi connectivity index (χ1) is 47.5. The predicted molar refractivity (Wildman–Crippen MR) is 403 cm³/mol. The Labute approximate surface area is 606 Å². The molecule has 6 unspecified atom stereocenters. The van der Waals surface area contributed by atoms with Crippen molar-refractivity contribution in [2.75, 3.05) is 74.9 Å². The zero-order chi connectivity index (χ0) is 80.5. The number of nitrogens with zero attached hydrogens (tertiary/aromatic N) is 4. The fraction of sp³-hybridized carbons (Fsp3) is 0.984. The minimum Gasteiger partial charge on any atom is -0.400 e. The summed E-state index contributed by atoms with van der Waals surface area (Å²) >= 11 is 1.33. The lowest BCUT2D eigenvalue weighted by Gasteiger charge is -2.37. The minimum atomic E-state index is -1.36. The Morgan fingerprint density at radius 3 is 1.33 bits per heavy atom. The van der Waals surface area contributed by atoms with E-state index in [1.807, 2.05) is 47.1 Å². The average Bonchev–Trinajstić information content (AvgIpc) is 1.68. The summed E-state index contributed by atoms with van der Waals surface area (Å²) in [5.41, 5.74) is 5.37. The maximum Gasteiger partial charge on any atom is 0.210 e. The molecule has 4 aliphatic rings. The van der Waals surface area contributed by atoms with Gasteiger partial charge in [0, 0.05) is 110 Å². The molecule has 4 rings (SSSR count). The van der Waals surface area contributed by atoms with Gasteiger partial charge in [0.25, 0.3) is 0 Å². The van der Waals surface area contributed by atoms with Crippen LogP contribution in [0.15, 0.2) is 0 Å². The van der Waals surface area contributed by atoms with Crippen LogP contribution < -0.4 is 5.73 Å². The van der Waals surface area contributed by atoms with Gasteiger partial charge in [-0.05, 0) is 130 Å². The molecule has 6 N–H and O–H groups in total. The van der Waals surface area contributed by atoms with E-state index in [4.69, 9.17) is 105 Å². The largest absolute Gasteiger partial charge is 0.400 e. The molecule has 8 radical (unpaired) electrons. The lowest BCUT2D eigenvalue weighted by molar-refractivity contribution is -0.111. The molecule has 0 spiro atoms. The minimum absolute atomic E-state index is 0.0215. The van der Waals surface area contributed by atoms with Gasteiger partial charge in [0.15, 0.2) is 8.38 Å². The topological polar surface area (TPSA) is 242 Å². The van der Waals surface area contributed by atoms with E-state index in [9.17, 15) is 8.78 Å². The highest BCUT2D eigenvalue weighted by atomic mass is 33.1. The number of aliphatic hydroxyl groups excluding tert-OH is 4. The van der Waals surface area contributed by atoms with Crippen LogP contribution in [0.4, 0.5) is 8.78 Å². The SMILES string of the molecule is CC(C)N.[2H]C[C@H]1O[C@@H]([B])[C@@H](F)[C@@H]1OP(C)N(C(C)C)C(C)C.[2H]C[C@H]1O[C@@H]([B])[C@@H](OCOCCC#N)C1OP(C)N(C(C)C)C(C)C.[2H]C[C@H]1O[C@@H]([B])[C@@H](OCSSC(C)(C)C)C1OP(OC)C(C)C.[2H]C[C@H]1S[C@@H]([B])[C@@H](F)[C@@H]1OP(C)N(C(C)C)C(C)C.[3H]OC.[3H]OC.[3H]OC.[3H]OC. The lowest BCUT2D eigenvalue weighted by Crippen LogP contribution is -2.39. The summed E-state index contributed by atoms with van der Waals surface area (Å²) < 4.78 is 151. The summed E-state index contributed by atoms with van der Waals surface area (Å²) in [5.74, 6) is 0.501. The van der Waals surface area contributed by atoms with E-state index in [2.05, 4.69) is 145 Å². The van der Waals surface area contributed by atoms with E-state index in [0.717, 1.165) is 0 Å². The highest BCUT2D eigenvalue weighted by molar-refractivity contribution is 8.77. The third-order valence-electron chi connectivity index (χ3n) is 12.5. The molecule has 554 valence electrons. The summed E-state index contributed by atoms with van der Waals surface area (Å²) in [6, 6.07) is 2.16. The Morgan fingerprint density at radius 1 is 0.617 bits per heavy atom.